The van der Waals surface area contributed by atoms with E-state index in [4.69, 9.17) is 4.74 Å². The Morgan fingerprint density at radius 2 is 1.79 bits per heavy atom. The normalized spacial score (nSPS) is 17.7. The van der Waals surface area contributed by atoms with Crippen molar-refractivity contribution >= 4 is 21.4 Å². The van der Waals surface area contributed by atoms with Crippen molar-refractivity contribution in [1.29, 1.82) is 0 Å². The van der Waals surface area contributed by atoms with Crippen LogP contribution in [-0.2, 0) is 21.4 Å². The number of thiophene rings is 1. The van der Waals surface area contributed by atoms with Gasteiger partial charge in [0.1, 0.15) is 0 Å². The van der Waals surface area contributed by atoms with Gasteiger partial charge in [-0.05, 0) is 35.1 Å². The average Bonchev–Trinajstić information content (AvgIpc) is 3.22. The van der Waals surface area contributed by atoms with E-state index in [0.717, 1.165) is 10.4 Å². The number of β-amino-alcohol motifs (C(OH)–C–C–N with tert-alkyl or cyclic N) is 1. The highest BCUT2D eigenvalue weighted by Gasteiger charge is 2.29. The number of aliphatic hydroxyl groups is 1. The second-order valence-corrected chi connectivity index (χ2v) is 10.6. The van der Waals surface area contributed by atoms with Gasteiger partial charge in [0.2, 0.25) is 10.0 Å². The Morgan fingerprint density at radius 1 is 1.10 bits per heavy atom. The van der Waals surface area contributed by atoms with Gasteiger partial charge in [-0.3, -0.25) is 4.90 Å². The Balaban J connectivity index is 1.45. The zero-order chi connectivity index (χ0) is 20.9. The number of piperazine rings is 1. The first-order valence-electron chi connectivity index (χ1n) is 9.97. The summed E-state index contributed by atoms with van der Waals surface area (Å²) in [6.45, 7) is 7.51. The van der Waals surface area contributed by atoms with Crippen molar-refractivity contribution in [3.8, 4) is 0 Å². The van der Waals surface area contributed by atoms with Crippen LogP contribution in [0.15, 0.2) is 46.7 Å². The van der Waals surface area contributed by atoms with Gasteiger partial charge in [0, 0.05) is 37.6 Å². The molecule has 6 nitrogen and oxygen atoms in total. The predicted molar refractivity (Wildman–Crippen MR) is 116 cm³/mol. The standard InChI is InChI=1S/C21H30N2O4S2/c1-17(2)18-5-7-21(8-6-18)29(25,26)23-11-9-22(10-12-23)14-19(24)15-27-16-20-4-3-13-28-20/h3-8,13,17,19,24H,9-12,14-16H2,1-2H3. The number of sulfonamides is 1. The molecule has 0 radical (unpaired) electrons. The highest BCUT2D eigenvalue weighted by molar-refractivity contribution is 7.89. The Hall–Kier alpha value is -1.29. The predicted octanol–water partition coefficient (Wildman–Crippen LogP) is 2.76. The number of hydrogen-bond donors (Lipinski definition) is 1. The van der Waals surface area contributed by atoms with Crippen LogP contribution in [0, 0.1) is 0 Å². The molecule has 0 aliphatic carbocycles. The quantitative estimate of drug-likeness (QED) is 0.652. The fourth-order valence-electron chi connectivity index (χ4n) is 3.37. The minimum absolute atomic E-state index is 0.276. The van der Waals surface area contributed by atoms with Crippen molar-refractivity contribution in [2.75, 3.05) is 39.3 Å². The lowest BCUT2D eigenvalue weighted by atomic mass is 10.0. The summed E-state index contributed by atoms with van der Waals surface area (Å²) in [5, 5.41) is 12.2. The van der Waals surface area contributed by atoms with E-state index >= 15 is 0 Å². The number of rotatable bonds is 9. The van der Waals surface area contributed by atoms with E-state index in [9.17, 15) is 13.5 Å². The monoisotopic (exact) mass is 438 g/mol. The van der Waals surface area contributed by atoms with Gasteiger partial charge in [0.15, 0.2) is 0 Å². The molecule has 1 aromatic heterocycles. The molecule has 8 heteroatoms. The van der Waals surface area contributed by atoms with Gasteiger partial charge < -0.3 is 9.84 Å². The molecule has 1 aliphatic rings. The molecule has 2 heterocycles. The third-order valence-electron chi connectivity index (χ3n) is 5.12. The molecule has 1 atom stereocenters. The third-order valence-corrected chi connectivity index (χ3v) is 7.88. The summed E-state index contributed by atoms with van der Waals surface area (Å²) >= 11 is 1.63. The minimum atomic E-state index is -3.48. The number of benzene rings is 1. The zero-order valence-corrected chi connectivity index (χ0v) is 18.7. The van der Waals surface area contributed by atoms with Crippen molar-refractivity contribution in [3.63, 3.8) is 0 Å². The summed E-state index contributed by atoms with van der Waals surface area (Å²) in [7, 11) is -3.48. The zero-order valence-electron chi connectivity index (χ0n) is 17.0. The third kappa shape index (κ3) is 6.10. The summed E-state index contributed by atoms with van der Waals surface area (Å²) in [6.07, 6.45) is -0.582. The van der Waals surface area contributed by atoms with Crippen LogP contribution in [0.1, 0.15) is 30.2 Å². The van der Waals surface area contributed by atoms with Gasteiger partial charge >= 0.3 is 0 Å². The SMILES string of the molecule is CC(C)c1ccc(S(=O)(=O)N2CCN(CC(O)COCc3cccs3)CC2)cc1. The van der Waals surface area contributed by atoms with E-state index in [-0.39, 0.29) is 6.61 Å². The maximum atomic E-state index is 12.9. The number of ether oxygens (including phenoxy) is 1. The fourth-order valence-corrected chi connectivity index (χ4v) is 5.43. The largest absolute Gasteiger partial charge is 0.389 e. The van der Waals surface area contributed by atoms with Crippen molar-refractivity contribution < 1.29 is 18.3 Å². The number of nitrogens with zero attached hydrogens (tertiary/aromatic N) is 2. The first-order valence-corrected chi connectivity index (χ1v) is 12.3. The fraction of sp³-hybridized carbons (Fsp3) is 0.524. The van der Waals surface area contributed by atoms with E-state index in [0.29, 0.717) is 50.1 Å². The van der Waals surface area contributed by atoms with Crippen molar-refractivity contribution in [1.82, 2.24) is 9.21 Å². The first kappa shape index (κ1) is 22.4. The Labute approximate surface area is 177 Å². The minimum Gasteiger partial charge on any atom is -0.389 e. The molecule has 29 heavy (non-hydrogen) atoms. The van der Waals surface area contributed by atoms with E-state index in [1.807, 2.05) is 29.6 Å². The maximum absolute atomic E-state index is 12.9. The van der Waals surface area contributed by atoms with Crippen molar-refractivity contribution in [3.05, 3.63) is 52.2 Å². The van der Waals surface area contributed by atoms with Gasteiger partial charge in [-0.25, -0.2) is 8.42 Å². The lowest BCUT2D eigenvalue weighted by molar-refractivity contribution is 0.00611. The van der Waals surface area contributed by atoms with Gasteiger partial charge in [-0.2, -0.15) is 4.31 Å². The van der Waals surface area contributed by atoms with E-state index in [1.54, 1.807) is 23.5 Å². The highest BCUT2D eigenvalue weighted by atomic mass is 32.2. The smallest absolute Gasteiger partial charge is 0.243 e. The van der Waals surface area contributed by atoms with Crippen molar-refractivity contribution in [2.45, 2.75) is 37.4 Å². The van der Waals surface area contributed by atoms with Gasteiger partial charge in [0.25, 0.3) is 0 Å². The summed E-state index contributed by atoms with van der Waals surface area (Å²) in [5.74, 6) is 0.371. The van der Waals surface area contributed by atoms with Crippen LogP contribution in [0.4, 0.5) is 0 Å². The van der Waals surface area contributed by atoms with Crippen LogP contribution in [0.2, 0.25) is 0 Å². The first-order chi connectivity index (χ1) is 13.9. The second kappa shape index (κ2) is 10.1. The molecule has 0 bridgehead atoms. The molecule has 1 unspecified atom stereocenters. The van der Waals surface area contributed by atoms with E-state index in [1.165, 1.54) is 4.31 Å². The summed E-state index contributed by atoms with van der Waals surface area (Å²) in [4.78, 5) is 3.57. The molecule has 1 fully saturated rings. The van der Waals surface area contributed by atoms with Crippen LogP contribution in [-0.4, -0.2) is 68.2 Å². The second-order valence-electron chi connectivity index (χ2n) is 7.68. The lowest BCUT2D eigenvalue weighted by Gasteiger charge is -2.34. The summed E-state index contributed by atoms with van der Waals surface area (Å²) in [6, 6.07) is 11.2. The van der Waals surface area contributed by atoms with Crippen LogP contribution in [0.3, 0.4) is 0 Å². The number of aliphatic hydroxyl groups excluding tert-OH is 1. The van der Waals surface area contributed by atoms with Crippen molar-refractivity contribution in [2.24, 2.45) is 0 Å². The molecule has 0 amide bonds. The number of hydrogen-bond acceptors (Lipinski definition) is 6. The molecule has 3 rings (SSSR count). The summed E-state index contributed by atoms with van der Waals surface area (Å²) in [5.41, 5.74) is 1.13. The molecule has 1 aromatic carbocycles. The Morgan fingerprint density at radius 3 is 2.38 bits per heavy atom. The molecule has 1 saturated heterocycles. The molecule has 1 aliphatic heterocycles. The Bertz CT molecular complexity index is 843. The topological polar surface area (TPSA) is 70.1 Å². The van der Waals surface area contributed by atoms with Gasteiger partial charge in [-0.1, -0.05) is 32.0 Å². The maximum Gasteiger partial charge on any atom is 0.243 e. The molecule has 160 valence electrons. The molecular weight excluding hydrogens is 408 g/mol. The van der Waals surface area contributed by atoms with Gasteiger partial charge in [-0.15, -0.1) is 11.3 Å². The highest BCUT2D eigenvalue weighted by Crippen LogP contribution is 2.21. The van der Waals surface area contributed by atoms with Crippen LogP contribution >= 0.6 is 11.3 Å². The average molecular weight is 439 g/mol. The van der Waals surface area contributed by atoms with Crippen LogP contribution < -0.4 is 0 Å². The molecule has 2 aromatic rings. The molecular formula is C21H30N2O4S2. The molecule has 0 saturated carbocycles. The lowest BCUT2D eigenvalue weighted by Crippen LogP contribution is -2.50. The Kier molecular flexibility index (Phi) is 7.84. The molecule has 0 spiro atoms. The molecule has 1 N–H and O–H groups in total. The van der Waals surface area contributed by atoms with Crippen LogP contribution in [0.25, 0.3) is 0 Å². The van der Waals surface area contributed by atoms with Crippen LogP contribution in [0.5, 0.6) is 0 Å². The van der Waals surface area contributed by atoms with E-state index in [2.05, 4.69) is 18.7 Å². The summed E-state index contributed by atoms with van der Waals surface area (Å²) < 4.78 is 32.9. The van der Waals surface area contributed by atoms with Gasteiger partial charge in [0.05, 0.1) is 24.2 Å². The van der Waals surface area contributed by atoms with E-state index < -0.39 is 16.1 Å².